The van der Waals surface area contributed by atoms with Gasteiger partial charge in [0.2, 0.25) is 0 Å². The molecule has 20 heavy (non-hydrogen) atoms. The Morgan fingerprint density at radius 3 is 2.95 bits per heavy atom. The molecular formula is C14H11ClN4O. The molecule has 3 aromatic rings. The molecule has 1 N–H and O–H groups in total. The van der Waals surface area contributed by atoms with E-state index in [0.29, 0.717) is 11.6 Å². The van der Waals surface area contributed by atoms with Gasteiger partial charge in [-0.25, -0.2) is 9.97 Å². The number of ether oxygens (including phenoxy) is 1. The van der Waals surface area contributed by atoms with E-state index in [1.165, 1.54) is 13.4 Å². The second-order valence-electron chi connectivity index (χ2n) is 4.07. The zero-order chi connectivity index (χ0) is 13.9. The number of nitrogens with one attached hydrogen (secondary N) is 1. The van der Waals surface area contributed by atoms with E-state index < -0.39 is 0 Å². The molecule has 0 bridgehead atoms. The third-order valence-corrected chi connectivity index (χ3v) is 3.17. The van der Waals surface area contributed by atoms with Gasteiger partial charge in [0, 0.05) is 28.9 Å². The maximum atomic E-state index is 5.99. The maximum Gasteiger partial charge on any atom is 0.199 e. The second-order valence-corrected chi connectivity index (χ2v) is 4.43. The molecule has 0 spiro atoms. The monoisotopic (exact) mass is 286 g/mol. The minimum atomic E-state index is 0.270. The SMILES string of the molecule is COc1c(Cl)ncnc1Nc1cccc2cnccc12. The Bertz CT molecular complexity index is 758. The van der Waals surface area contributed by atoms with E-state index in [4.69, 9.17) is 16.3 Å². The number of pyridine rings is 1. The molecule has 100 valence electrons. The number of hydrogen-bond acceptors (Lipinski definition) is 5. The fourth-order valence-electron chi connectivity index (χ4n) is 1.98. The van der Waals surface area contributed by atoms with Crippen LogP contribution in [0.25, 0.3) is 10.8 Å². The van der Waals surface area contributed by atoms with Gasteiger partial charge in [-0.1, -0.05) is 23.7 Å². The summed E-state index contributed by atoms with van der Waals surface area (Å²) >= 11 is 5.99. The number of anilines is 2. The molecule has 2 aromatic heterocycles. The average Bonchev–Trinajstić information content (AvgIpc) is 2.48. The van der Waals surface area contributed by atoms with Gasteiger partial charge in [0.05, 0.1) is 7.11 Å². The number of fused-ring (bicyclic) bond motifs is 1. The minimum absolute atomic E-state index is 0.270. The predicted octanol–water partition coefficient (Wildman–Crippen LogP) is 3.43. The van der Waals surface area contributed by atoms with Crippen molar-refractivity contribution in [3.8, 4) is 5.75 Å². The standard InChI is InChI=1S/C14H11ClN4O/c1-20-12-13(15)17-8-18-14(12)19-11-4-2-3-9-7-16-6-5-10(9)11/h2-8H,1H3,(H,17,18,19). The molecule has 3 rings (SSSR count). The van der Waals surface area contributed by atoms with E-state index in [-0.39, 0.29) is 5.15 Å². The third-order valence-electron chi connectivity index (χ3n) is 2.90. The quantitative estimate of drug-likeness (QED) is 0.748. The van der Waals surface area contributed by atoms with Gasteiger partial charge in [0.25, 0.3) is 0 Å². The highest BCUT2D eigenvalue weighted by Gasteiger charge is 2.11. The lowest BCUT2D eigenvalue weighted by atomic mass is 10.1. The van der Waals surface area contributed by atoms with Gasteiger partial charge >= 0.3 is 0 Å². The molecule has 0 aliphatic rings. The summed E-state index contributed by atoms with van der Waals surface area (Å²) in [5.74, 6) is 0.942. The van der Waals surface area contributed by atoms with Crippen molar-refractivity contribution in [3.63, 3.8) is 0 Å². The highest BCUT2D eigenvalue weighted by molar-refractivity contribution is 6.31. The molecule has 0 fully saturated rings. The van der Waals surface area contributed by atoms with Crippen LogP contribution in [0.5, 0.6) is 5.75 Å². The van der Waals surface area contributed by atoms with Crippen molar-refractivity contribution in [2.45, 2.75) is 0 Å². The van der Waals surface area contributed by atoms with Crippen molar-refractivity contribution < 1.29 is 4.74 Å². The van der Waals surface area contributed by atoms with E-state index in [1.54, 1.807) is 6.20 Å². The number of rotatable bonds is 3. The highest BCUT2D eigenvalue weighted by Crippen LogP contribution is 2.32. The number of halogens is 1. The molecule has 0 radical (unpaired) electrons. The van der Waals surface area contributed by atoms with Crippen LogP contribution in [-0.2, 0) is 0 Å². The van der Waals surface area contributed by atoms with Gasteiger partial charge in [-0.15, -0.1) is 0 Å². The lowest BCUT2D eigenvalue weighted by Gasteiger charge is -2.12. The summed E-state index contributed by atoms with van der Waals surface area (Å²) in [5, 5.41) is 5.57. The van der Waals surface area contributed by atoms with Gasteiger partial charge in [-0.2, -0.15) is 0 Å². The van der Waals surface area contributed by atoms with Crippen LogP contribution in [0.1, 0.15) is 0 Å². The first-order chi connectivity index (χ1) is 9.79. The van der Waals surface area contributed by atoms with E-state index in [1.807, 2.05) is 30.5 Å². The molecule has 0 aliphatic heterocycles. The Morgan fingerprint density at radius 2 is 2.10 bits per heavy atom. The summed E-state index contributed by atoms with van der Waals surface area (Å²) in [6, 6.07) is 7.84. The molecule has 6 heteroatoms. The molecule has 5 nitrogen and oxygen atoms in total. The summed E-state index contributed by atoms with van der Waals surface area (Å²) in [7, 11) is 1.53. The molecule has 0 saturated heterocycles. The largest absolute Gasteiger partial charge is 0.490 e. The fourth-order valence-corrected chi connectivity index (χ4v) is 2.19. The fraction of sp³-hybridized carbons (Fsp3) is 0.0714. The molecule has 0 atom stereocenters. The summed E-state index contributed by atoms with van der Waals surface area (Å²) in [5.41, 5.74) is 0.901. The lowest BCUT2D eigenvalue weighted by Crippen LogP contribution is -1.99. The normalized spacial score (nSPS) is 10.5. The first-order valence-electron chi connectivity index (χ1n) is 5.94. The van der Waals surface area contributed by atoms with Crippen LogP contribution in [-0.4, -0.2) is 22.1 Å². The van der Waals surface area contributed by atoms with Crippen molar-refractivity contribution in [2.75, 3.05) is 12.4 Å². The smallest absolute Gasteiger partial charge is 0.199 e. The highest BCUT2D eigenvalue weighted by atomic mass is 35.5. The van der Waals surface area contributed by atoms with Crippen LogP contribution >= 0.6 is 11.6 Å². The van der Waals surface area contributed by atoms with E-state index in [2.05, 4.69) is 20.3 Å². The summed E-state index contributed by atoms with van der Waals surface area (Å²) in [6.45, 7) is 0. The van der Waals surface area contributed by atoms with Crippen LogP contribution in [0, 0.1) is 0 Å². The molecular weight excluding hydrogens is 276 g/mol. The van der Waals surface area contributed by atoms with Crippen LogP contribution in [0.15, 0.2) is 43.0 Å². The van der Waals surface area contributed by atoms with Crippen molar-refractivity contribution >= 4 is 33.9 Å². The Hall–Kier alpha value is -2.40. The molecule has 1 aromatic carbocycles. The predicted molar refractivity (Wildman–Crippen MR) is 78.6 cm³/mol. The number of hydrogen-bond donors (Lipinski definition) is 1. The van der Waals surface area contributed by atoms with Crippen molar-refractivity contribution in [1.82, 2.24) is 15.0 Å². The van der Waals surface area contributed by atoms with Crippen LogP contribution in [0.4, 0.5) is 11.5 Å². The van der Waals surface area contributed by atoms with Gasteiger partial charge in [0.1, 0.15) is 6.33 Å². The van der Waals surface area contributed by atoms with Crippen molar-refractivity contribution in [2.24, 2.45) is 0 Å². The molecule has 0 saturated carbocycles. The summed E-state index contributed by atoms with van der Waals surface area (Å²) < 4.78 is 5.23. The number of methoxy groups -OCH3 is 1. The first-order valence-corrected chi connectivity index (χ1v) is 6.31. The Labute approximate surface area is 120 Å². The average molecular weight is 287 g/mol. The molecule has 0 aliphatic carbocycles. The Morgan fingerprint density at radius 1 is 1.20 bits per heavy atom. The van der Waals surface area contributed by atoms with Crippen molar-refractivity contribution in [3.05, 3.63) is 48.1 Å². The number of benzene rings is 1. The molecule has 0 unspecified atom stereocenters. The summed E-state index contributed by atoms with van der Waals surface area (Å²) in [6.07, 6.45) is 4.95. The number of nitrogens with zero attached hydrogens (tertiary/aromatic N) is 3. The summed E-state index contributed by atoms with van der Waals surface area (Å²) in [4.78, 5) is 12.2. The maximum absolute atomic E-state index is 5.99. The first kappa shape index (κ1) is 12.6. The van der Waals surface area contributed by atoms with E-state index >= 15 is 0 Å². The second kappa shape index (κ2) is 5.30. The third kappa shape index (κ3) is 2.23. The van der Waals surface area contributed by atoms with Crippen molar-refractivity contribution in [1.29, 1.82) is 0 Å². The van der Waals surface area contributed by atoms with Gasteiger partial charge in [-0.05, 0) is 12.1 Å². The van der Waals surface area contributed by atoms with E-state index in [0.717, 1.165) is 16.5 Å². The Balaban J connectivity index is 2.08. The minimum Gasteiger partial charge on any atom is -0.490 e. The zero-order valence-electron chi connectivity index (χ0n) is 10.7. The van der Waals surface area contributed by atoms with Gasteiger partial charge < -0.3 is 10.1 Å². The molecule has 2 heterocycles. The van der Waals surface area contributed by atoms with Crippen LogP contribution in [0.3, 0.4) is 0 Å². The Kier molecular flexibility index (Phi) is 3.35. The van der Waals surface area contributed by atoms with Gasteiger partial charge in [0.15, 0.2) is 16.7 Å². The topological polar surface area (TPSA) is 59.9 Å². The van der Waals surface area contributed by atoms with Crippen LogP contribution in [0.2, 0.25) is 5.15 Å². The van der Waals surface area contributed by atoms with Crippen LogP contribution < -0.4 is 10.1 Å². The zero-order valence-corrected chi connectivity index (χ0v) is 11.4. The lowest BCUT2D eigenvalue weighted by molar-refractivity contribution is 0.413. The van der Waals surface area contributed by atoms with E-state index in [9.17, 15) is 0 Å². The van der Waals surface area contributed by atoms with Gasteiger partial charge in [-0.3, -0.25) is 4.98 Å². The molecule has 0 amide bonds. The number of aromatic nitrogens is 3.